The van der Waals surface area contributed by atoms with Gasteiger partial charge in [0, 0.05) is 43.5 Å². The molecule has 0 radical (unpaired) electrons. The summed E-state index contributed by atoms with van der Waals surface area (Å²) in [5, 5.41) is 12.7. The molecule has 2 rings (SSSR count). The molecule has 25 heavy (non-hydrogen) atoms. The lowest BCUT2D eigenvalue weighted by Crippen LogP contribution is -2.37. The van der Waals surface area contributed by atoms with Crippen molar-refractivity contribution >= 4 is 17.6 Å². The van der Waals surface area contributed by atoms with Gasteiger partial charge in [0.15, 0.2) is 0 Å². The molecule has 0 fully saturated rings. The van der Waals surface area contributed by atoms with Gasteiger partial charge in [-0.05, 0) is 44.5 Å². The van der Waals surface area contributed by atoms with Crippen molar-refractivity contribution in [2.75, 3.05) is 19.4 Å². The zero-order valence-corrected chi connectivity index (χ0v) is 15.3. The third-order valence-corrected chi connectivity index (χ3v) is 3.78. The Hall–Kier alpha value is -2.83. The van der Waals surface area contributed by atoms with Crippen LogP contribution < -0.4 is 10.6 Å². The number of nitrogens with one attached hydrogen (secondary N) is 3. The van der Waals surface area contributed by atoms with Crippen molar-refractivity contribution in [2.24, 2.45) is 0 Å². The number of rotatable bonds is 5. The monoisotopic (exact) mass is 343 g/mol. The van der Waals surface area contributed by atoms with Gasteiger partial charge in [0.25, 0.3) is 5.91 Å². The number of nitrogens with zero attached hydrogens (tertiary/aromatic N) is 2. The maximum atomic E-state index is 12.2. The number of anilines is 1. The van der Waals surface area contributed by atoms with E-state index in [0.717, 1.165) is 17.0 Å². The summed E-state index contributed by atoms with van der Waals surface area (Å²) >= 11 is 0. The van der Waals surface area contributed by atoms with E-state index in [9.17, 15) is 9.59 Å². The number of hydrogen-bond donors (Lipinski definition) is 3. The van der Waals surface area contributed by atoms with E-state index < -0.39 is 0 Å². The van der Waals surface area contributed by atoms with Crippen LogP contribution in [0.3, 0.4) is 0 Å². The first-order valence-corrected chi connectivity index (χ1v) is 8.17. The summed E-state index contributed by atoms with van der Waals surface area (Å²) < 4.78 is 0. The molecule has 0 saturated heterocycles. The van der Waals surface area contributed by atoms with Crippen LogP contribution in [0.25, 0.3) is 0 Å². The summed E-state index contributed by atoms with van der Waals surface area (Å²) in [6.45, 7) is 5.72. The average molecular weight is 343 g/mol. The van der Waals surface area contributed by atoms with Crippen molar-refractivity contribution < 1.29 is 9.59 Å². The third kappa shape index (κ3) is 5.07. The van der Waals surface area contributed by atoms with E-state index >= 15 is 0 Å². The van der Waals surface area contributed by atoms with Crippen LogP contribution in [-0.4, -0.2) is 47.2 Å². The molecule has 3 amide bonds. The maximum Gasteiger partial charge on any atom is 0.319 e. The van der Waals surface area contributed by atoms with Crippen molar-refractivity contribution in [1.82, 2.24) is 20.4 Å². The Morgan fingerprint density at radius 2 is 1.96 bits per heavy atom. The Morgan fingerprint density at radius 3 is 2.56 bits per heavy atom. The predicted molar refractivity (Wildman–Crippen MR) is 97.8 cm³/mol. The Kier molecular flexibility index (Phi) is 5.80. The van der Waals surface area contributed by atoms with Gasteiger partial charge in [0.2, 0.25) is 0 Å². The second-order valence-electron chi connectivity index (χ2n) is 6.48. The van der Waals surface area contributed by atoms with E-state index in [2.05, 4.69) is 20.8 Å². The van der Waals surface area contributed by atoms with E-state index in [1.165, 1.54) is 4.90 Å². The third-order valence-electron chi connectivity index (χ3n) is 3.78. The first-order chi connectivity index (χ1) is 11.8. The van der Waals surface area contributed by atoms with Crippen molar-refractivity contribution in [3.05, 3.63) is 46.8 Å². The van der Waals surface area contributed by atoms with E-state index in [4.69, 9.17) is 0 Å². The average Bonchev–Trinajstić information content (AvgIpc) is 2.93. The zero-order chi connectivity index (χ0) is 18.6. The minimum Gasteiger partial charge on any atom is -0.345 e. The van der Waals surface area contributed by atoms with Crippen LogP contribution in [0.4, 0.5) is 10.5 Å². The minimum atomic E-state index is -0.313. The van der Waals surface area contributed by atoms with Crippen LogP contribution in [0, 0.1) is 13.8 Å². The number of aryl methyl sites for hydroxylation is 2. The number of amides is 3. The highest BCUT2D eigenvalue weighted by Crippen LogP contribution is 2.16. The minimum absolute atomic E-state index is 0.0731. The molecule has 0 aliphatic carbocycles. The highest BCUT2D eigenvalue weighted by molar-refractivity contribution is 5.97. The normalized spacial score (nSPS) is 11.7. The Balaban J connectivity index is 1.98. The zero-order valence-electron chi connectivity index (χ0n) is 15.3. The van der Waals surface area contributed by atoms with Crippen LogP contribution in [0.5, 0.6) is 0 Å². The van der Waals surface area contributed by atoms with Gasteiger partial charge in [-0.2, -0.15) is 5.10 Å². The Morgan fingerprint density at radius 1 is 1.24 bits per heavy atom. The fourth-order valence-electron chi connectivity index (χ4n) is 2.51. The molecule has 1 aromatic heterocycles. The summed E-state index contributed by atoms with van der Waals surface area (Å²) in [7, 11) is 3.40. The van der Waals surface area contributed by atoms with Crippen LogP contribution >= 0.6 is 0 Å². The smallest absolute Gasteiger partial charge is 0.319 e. The number of H-pyrrole nitrogens is 1. The predicted octanol–water partition coefficient (Wildman–Crippen LogP) is 2.48. The summed E-state index contributed by atoms with van der Waals surface area (Å²) in [5.41, 5.74) is 3.91. The molecule has 1 heterocycles. The number of carbonyl (C=O) groups is 2. The molecule has 0 aliphatic rings. The molecule has 2 aromatic rings. The van der Waals surface area contributed by atoms with Gasteiger partial charge in [-0.3, -0.25) is 9.89 Å². The molecule has 0 bridgehead atoms. The first-order valence-electron chi connectivity index (χ1n) is 8.17. The number of urea groups is 1. The largest absolute Gasteiger partial charge is 0.345 e. The second-order valence-corrected chi connectivity index (χ2v) is 6.48. The maximum absolute atomic E-state index is 12.2. The Labute approximate surface area is 147 Å². The van der Waals surface area contributed by atoms with E-state index in [1.54, 1.807) is 26.2 Å². The molecule has 0 aliphatic heterocycles. The van der Waals surface area contributed by atoms with Crippen molar-refractivity contribution in [3.8, 4) is 0 Å². The first kappa shape index (κ1) is 18.5. The topological polar surface area (TPSA) is 90.1 Å². The summed E-state index contributed by atoms with van der Waals surface area (Å²) in [5.74, 6) is -0.0937. The van der Waals surface area contributed by atoms with Crippen LogP contribution in [0.15, 0.2) is 24.3 Å². The van der Waals surface area contributed by atoms with Crippen molar-refractivity contribution in [2.45, 2.75) is 33.2 Å². The van der Waals surface area contributed by atoms with Gasteiger partial charge in [-0.15, -0.1) is 0 Å². The molecular weight excluding hydrogens is 318 g/mol. The second kappa shape index (κ2) is 7.83. The Bertz CT molecular complexity index is 767. The summed E-state index contributed by atoms with van der Waals surface area (Å²) in [6, 6.07) is 6.86. The lowest BCUT2D eigenvalue weighted by atomic mass is 10.1. The standard InChI is InChI=1S/C18H25N5O2/c1-11-6-7-14(10-16(11)17(24)23(4)5)20-18(25)19-12(2)8-15-9-13(3)21-22-15/h6-7,9-10,12H,8H2,1-5H3,(H,21,22)(H2,19,20,25)/t12-/m1/s1. The molecule has 1 aromatic carbocycles. The number of hydrogen-bond acceptors (Lipinski definition) is 3. The van der Waals surface area contributed by atoms with Gasteiger partial charge in [-0.1, -0.05) is 6.07 Å². The summed E-state index contributed by atoms with van der Waals surface area (Å²) in [6.07, 6.45) is 0.635. The van der Waals surface area contributed by atoms with Crippen LogP contribution in [0.1, 0.15) is 34.2 Å². The number of aromatic nitrogens is 2. The molecule has 134 valence electrons. The molecule has 3 N–H and O–H groups in total. The van der Waals surface area contributed by atoms with Crippen molar-refractivity contribution in [3.63, 3.8) is 0 Å². The number of aromatic amines is 1. The number of benzene rings is 1. The molecule has 0 unspecified atom stereocenters. The molecular formula is C18H25N5O2. The number of carbonyl (C=O) groups excluding carboxylic acids is 2. The van der Waals surface area contributed by atoms with Gasteiger partial charge in [-0.25, -0.2) is 4.79 Å². The molecule has 1 atom stereocenters. The quantitative estimate of drug-likeness (QED) is 0.779. The summed E-state index contributed by atoms with van der Waals surface area (Å²) in [4.78, 5) is 25.9. The van der Waals surface area contributed by atoms with Crippen molar-refractivity contribution in [1.29, 1.82) is 0 Å². The van der Waals surface area contributed by atoms with Crippen LogP contribution in [-0.2, 0) is 6.42 Å². The molecule has 0 spiro atoms. The highest BCUT2D eigenvalue weighted by Gasteiger charge is 2.14. The van der Waals surface area contributed by atoms with E-state index in [0.29, 0.717) is 17.7 Å². The molecule has 7 nitrogen and oxygen atoms in total. The SMILES string of the molecule is Cc1cc(C[C@@H](C)NC(=O)Nc2ccc(C)c(C(=O)N(C)C)c2)n[nH]1. The molecule has 0 saturated carbocycles. The van der Waals surface area contributed by atoms with Gasteiger partial charge >= 0.3 is 6.03 Å². The van der Waals surface area contributed by atoms with Gasteiger partial charge in [0.05, 0.1) is 5.69 Å². The van der Waals surface area contributed by atoms with E-state index in [-0.39, 0.29) is 18.0 Å². The lowest BCUT2D eigenvalue weighted by Gasteiger charge is -2.16. The fraction of sp³-hybridized carbons (Fsp3) is 0.389. The molecule has 7 heteroatoms. The highest BCUT2D eigenvalue weighted by atomic mass is 16.2. The lowest BCUT2D eigenvalue weighted by molar-refractivity contribution is 0.0827. The van der Waals surface area contributed by atoms with Crippen LogP contribution in [0.2, 0.25) is 0 Å². The fourth-order valence-corrected chi connectivity index (χ4v) is 2.51. The van der Waals surface area contributed by atoms with Gasteiger partial charge < -0.3 is 15.5 Å². The van der Waals surface area contributed by atoms with Gasteiger partial charge in [0.1, 0.15) is 0 Å². The van der Waals surface area contributed by atoms with E-state index in [1.807, 2.05) is 32.9 Å².